The second-order valence-electron chi connectivity index (χ2n) is 9.05. The molecule has 1 aromatic heterocycles. The van der Waals surface area contributed by atoms with Gasteiger partial charge in [-0.2, -0.15) is 5.26 Å². The van der Waals surface area contributed by atoms with E-state index in [0.29, 0.717) is 37.6 Å². The first kappa shape index (κ1) is 24.3. The predicted octanol–water partition coefficient (Wildman–Crippen LogP) is 3.15. The fraction of sp³-hybridized carbons (Fsp3) is 0.407. The summed E-state index contributed by atoms with van der Waals surface area (Å²) < 4.78 is 10.3. The Kier molecular flexibility index (Phi) is 7.33. The van der Waals surface area contributed by atoms with E-state index in [2.05, 4.69) is 28.2 Å². The topological polar surface area (TPSA) is 105 Å². The number of nitrogens with one attached hydrogen (secondary N) is 1. The van der Waals surface area contributed by atoms with E-state index < -0.39 is 5.41 Å². The normalized spacial score (nSPS) is 21.1. The molecular weight excluding hydrogens is 444 g/mol. The average molecular weight is 473 g/mol. The first-order valence-electron chi connectivity index (χ1n) is 11.6. The molecule has 1 saturated heterocycles. The van der Waals surface area contributed by atoms with Crippen molar-refractivity contribution < 1.29 is 19.1 Å². The van der Waals surface area contributed by atoms with Crippen LogP contribution in [0.4, 0.5) is 4.79 Å². The first-order valence-corrected chi connectivity index (χ1v) is 11.6. The number of nitrogens with zero attached hydrogens (tertiary/aromatic N) is 3. The fourth-order valence-electron chi connectivity index (χ4n) is 4.39. The number of rotatable bonds is 3. The lowest BCUT2D eigenvalue weighted by Crippen LogP contribution is -2.39. The van der Waals surface area contributed by atoms with Gasteiger partial charge in [-0.15, -0.1) is 0 Å². The Morgan fingerprint density at radius 3 is 3.00 bits per heavy atom. The Hall–Kier alpha value is -3.88. The van der Waals surface area contributed by atoms with Crippen molar-refractivity contribution in [1.29, 1.82) is 5.26 Å². The summed E-state index contributed by atoms with van der Waals surface area (Å²) in [6, 6.07) is 11.4. The Balaban J connectivity index is 1.39. The number of carbonyl (C=O) groups excluding carboxylic acids is 2. The zero-order valence-electron chi connectivity index (χ0n) is 20.0. The molecule has 1 fully saturated rings. The average Bonchev–Trinajstić information content (AvgIpc) is 2.90. The van der Waals surface area contributed by atoms with Crippen molar-refractivity contribution >= 4 is 12.0 Å². The lowest BCUT2D eigenvalue weighted by Gasteiger charge is -2.30. The molecule has 3 heterocycles. The Morgan fingerprint density at radius 1 is 1.34 bits per heavy atom. The second kappa shape index (κ2) is 10.6. The van der Waals surface area contributed by atoms with Crippen LogP contribution in [0.3, 0.4) is 0 Å². The quantitative estimate of drug-likeness (QED) is 0.688. The molecule has 2 aliphatic rings. The fourth-order valence-corrected chi connectivity index (χ4v) is 4.39. The summed E-state index contributed by atoms with van der Waals surface area (Å²) in [6.07, 6.45) is 3.19. The van der Waals surface area contributed by atoms with Gasteiger partial charge in [0.05, 0.1) is 38.6 Å². The van der Waals surface area contributed by atoms with Gasteiger partial charge in [-0.1, -0.05) is 17.9 Å². The van der Waals surface area contributed by atoms with Gasteiger partial charge in [0.15, 0.2) is 0 Å². The van der Waals surface area contributed by atoms with Crippen molar-refractivity contribution in [1.82, 2.24) is 15.2 Å². The van der Waals surface area contributed by atoms with Crippen LogP contribution in [0.15, 0.2) is 36.5 Å². The lowest BCUT2D eigenvalue weighted by atomic mass is 9.79. The van der Waals surface area contributed by atoms with Crippen molar-refractivity contribution in [2.24, 2.45) is 5.92 Å². The molecule has 0 saturated carbocycles. The van der Waals surface area contributed by atoms with Crippen molar-refractivity contribution in [2.75, 3.05) is 26.8 Å². The summed E-state index contributed by atoms with van der Waals surface area (Å²) in [5.74, 6) is 6.29. The largest absolute Gasteiger partial charge is 0.453 e. The van der Waals surface area contributed by atoms with E-state index in [4.69, 9.17) is 9.47 Å². The molecule has 180 valence electrons. The molecule has 2 amide bonds. The van der Waals surface area contributed by atoms with Crippen LogP contribution in [0, 0.1) is 29.1 Å². The maximum atomic E-state index is 12.8. The molecule has 0 bridgehead atoms. The number of ether oxygens (including phenoxy) is 2. The number of likely N-dealkylation sites (tertiary alicyclic amines) is 1. The monoisotopic (exact) mass is 472 g/mol. The molecule has 0 aliphatic carbocycles. The summed E-state index contributed by atoms with van der Waals surface area (Å²) in [4.78, 5) is 30.6. The van der Waals surface area contributed by atoms with Crippen LogP contribution in [0.5, 0.6) is 0 Å². The van der Waals surface area contributed by atoms with Gasteiger partial charge in [0.2, 0.25) is 0 Å². The summed E-state index contributed by atoms with van der Waals surface area (Å²) in [5, 5.41) is 12.5. The number of benzene rings is 1. The van der Waals surface area contributed by atoms with E-state index >= 15 is 0 Å². The van der Waals surface area contributed by atoms with E-state index in [-0.39, 0.29) is 24.5 Å². The van der Waals surface area contributed by atoms with E-state index in [1.165, 1.54) is 7.11 Å². The number of pyridine rings is 1. The lowest BCUT2D eigenvalue weighted by molar-refractivity contribution is 0.0757. The molecule has 1 unspecified atom stereocenters. The minimum absolute atomic E-state index is 0.0904. The van der Waals surface area contributed by atoms with Crippen molar-refractivity contribution in [2.45, 2.75) is 38.3 Å². The van der Waals surface area contributed by atoms with Crippen LogP contribution in [-0.4, -0.2) is 48.7 Å². The SMILES string of the molecule is COC(=O)N1CCCC(C#Cc2ccnc(CNC(=O)c3ccc4c(c3)[C@](C)(C#N)COC4)c2)C1. The molecule has 2 aliphatic heterocycles. The third-order valence-corrected chi connectivity index (χ3v) is 6.38. The van der Waals surface area contributed by atoms with Gasteiger partial charge in [-0.3, -0.25) is 9.78 Å². The third-order valence-electron chi connectivity index (χ3n) is 6.38. The summed E-state index contributed by atoms with van der Waals surface area (Å²) in [6.45, 7) is 4.07. The molecule has 0 spiro atoms. The number of amides is 2. The number of hydrogen-bond acceptors (Lipinski definition) is 6. The van der Waals surface area contributed by atoms with Crippen molar-refractivity contribution in [3.05, 3.63) is 64.5 Å². The number of piperidine rings is 1. The van der Waals surface area contributed by atoms with Crippen LogP contribution >= 0.6 is 0 Å². The van der Waals surface area contributed by atoms with Crippen molar-refractivity contribution in [3.8, 4) is 17.9 Å². The summed E-state index contributed by atoms with van der Waals surface area (Å²) in [7, 11) is 1.39. The number of hydrogen-bond donors (Lipinski definition) is 1. The smallest absolute Gasteiger partial charge is 0.409 e. The number of fused-ring (bicyclic) bond motifs is 1. The van der Waals surface area contributed by atoms with Gasteiger partial charge in [-0.05, 0) is 55.2 Å². The molecule has 1 N–H and O–H groups in total. The number of carbonyl (C=O) groups is 2. The van der Waals surface area contributed by atoms with E-state index in [1.54, 1.807) is 23.2 Å². The molecule has 4 rings (SSSR count). The highest BCUT2D eigenvalue weighted by molar-refractivity contribution is 5.94. The molecular formula is C27H28N4O4. The van der Waals surface area contributed by atoms with Crippen LogP contribution in [0.2, 0.25) is 0 Å². The molecule has 8 heteroatoms. The molecule has 35 heavy (non-hydrogen) atoms. The minimum Gasteiger partial charge on any atom is -0.453 e. The van der Waals surface area contributed by atoms with Gasteiger partial charge < -0.3 is 19.7 Å². The maximum Gasteiger partial charge on any atom is 0.409 e. The van der Waals surface area contributed by atoms with Crippen LogP contribution < -0.4 is 5.32 Å². The Labute approximate surface area is 205 Å². The molecule has 0 radical (unpaired) electrons. The van der Waals surface area contributed by atoms with Gasteiger partial charge >= 0.3 is 6.09 Å². The molecule has 8 nitrogen and oxygen atoms in total. The Bertz CT molecular complexity index is 1230. The molecule has 2 aromatic rings. The number of aromatic nitrogens is 1. The zero-order chi connectivity index (χ0) is 24.8. The minimum atomic E-state index is -0.773. The zero-order valence-corrected chi connectivity index (χ0v) is 20.0. The van der Waals surface area contributed by atoms with Crippen LogP contribution in [0.25, 0.3) is 0 Å². The van der Waals surface area contributed by atoms with Gasteiger partial charge in [0.25, 0.3) is 5.91 Å². The van der Waals surface area contributed by atoms with E-state index in [0.717, 1.165) is 29.5 Å². The highest BCUT2D eigenvalue weighted by Gasteiger charge is 2.33. The summed E-state index contributed by atoms with van der Waals surface area (Å²) >= 11 is 0. The van der Waals surface area contributed by atoms with Crippen LogP contribution in [-0.2, 0) is 28.0 Å². The van der Waals surface area contributed by atoms with E-state index in [9.17, 15) is 14.9 Å². The second-order valence-corrected chi connectivity index (χ2v) is 9.05. The van der Waals surface area contributed by atoms with Gasteiger partial charge in [0, 0.05) is 36.3 Å². The summed E-state index contributed by atoms with van der Waals surface area (Å²) in [5.41, 5.74) is 2.98. The van der Waals surface area contributed by atoms with E-state index in [1.807, 2.05) is 25.1 Å². The molecule has 1 aromatic carbocycles. The highest BCUT2D eigenvalue weighted by atomic mass is 16.5. The van der Waals surface area contributed by atoms with Gasteiger partial charge in [0.1, 0.15) is 5.41 Å². The number of nitriles is 1. The molecule has 2 atom stereocenters. The van der Waals surface area contributed by atoms with Crippen molar-refractivity contribution in [3.63, 3.8) is 0 Å². The third kappa shape index (κ3) is 5.62. The maximum absolute atomic E-state index is 12.8. The standard InChI is InChI=1S/C27H28N4O4/c1-27(17-28)18-35-16-22-8-7-21(13-24(22)27)25(32)30-14-23-12-19(9-10-29-23)5-6-20-4-3-11-31(15-20)26(33)34-2/h7-10,12-13,20H,3-4,11,14-16,18H2,1-2H3,(H,30,32)/t20?,27-/m1/s1. The Morgan fingerprint density at radius 2 is 2.20 bits per heavy atom. The van der Waals surface area contributed by atoms with Crippen LogP contribution in [0.1, 0.15) is 52.5 Å². The first-order chi connectivity index (χ1) is 16.9. The number of methoxy groups -OCH3 is 1. The predicted molar refractivity (Wildman–Crippen MR) is 128 cm³/mol. The van der Waals surface area contributed by atoms with Gasteiger partial charge in [-0.25, -0.2) is 4.79 Å². The highest BCUT2D eigenvalue weighted by Crippen LogP contribution is 2.32.